The molecular weight excluding hydrogens is 178 g/mol. The molecule has 14 heavy (non-hydrogen) atoms. The number of hydrogen-bond acceptors (Lipinski definition) is 2. The summed E-state index contributed by atoms with van der Waals surface area (Å²) in [5.74, 6) is 1.08. The standard InChI is InChI=1S/C9H19N5/c1-11-8(10)13-9(12-2)14-6-4-3-5-7-14/h3-7H2,1-2H3,(H3,10,11,12,13). The first-order chi connectivity index (χ1) is 6.77. The van der Waals surface area contributed by atoms with Crippen molar-refractivity contribution in [1.29, 1.82) is 5.41 Å². The van der Waals surface area contributed by atoms with Crippen molar-refractivity contribution in [3.8, 4) is 0 Å². The molecule has 0 amide bonds. The van der Waals surface area contributed by atoms with Gasteiger partial charge in [-0.1, -0.05) is 0 Å². The number of piperidine rings is 1. The molecule has 1 heterocycles. The predicted molar refractivity (Wildman–Crippen MR) is 58.7 cm³/mol. The number of likely N-dealkylation sites (tertiary alicyclic amines) is 1. The third-order valence-corrected chi connectivity index (χ3v) is 2.35. The summed E-state index contributed by atoms with van der Waals surface area (Å²) >= 11 is 0. The summed E-state index contributed by atoms with van der Waals surface area (Å²) < 4.78 is 0. The zero-order valence-electron chi connectivity index (χ0n) is 8.93. The highest BCUT2D eigenvalue weighted by Gasteiger charge is 2.14. The van der Waals surface area contributed by atoms with Gasteiger partial charge in [0.25, 0.3) is 0 Å². The van der Waals surface area contributed by atoms with Crippen molar-refractivity contribution >= 4 is 11.9 Å². The molecule has 0 aromatic heterocycles. The molecule has 1 fully saturated rings. The molecule has 1 saturated heterocycles. The van der Waals surface area contributed by atoms with E-state index in [1.807, 2.05) is 0 Å². The van der Waals surface area contributed by atoms with Crippen LogP contribution in [0.15, 0.2) is 4.99 Å². The van der Waals surface area contributed by atoms with E-state index in [1.165, 1.54) is 19.3 Å². The molecule has 0 unspecified atom stereocenters. The Morgan fingerprint density at radius 2 is 1.93 bits per heavy atom. The topological polar surface area (TPSA) is 63.5 Å². The molecule has 5 nitrogen and oxygen atoms in total. The number of rotatable bonds is 0. The first-order valence-electron chi connectivity index (χ1n) is 5.03. The molecule has 1 rings (SSSR count). The third-order valence-electron chi connectivity index (χ3n) is 2.35. The van der Waals surface area contributed by atoms with Crippen molar-refractivity contribution in [2.45, 2.75) is 19.3 Å². The molecule has 0 atom stereocenters. The van der Waals surface area contributed by atoms with Crippen LogP contribution in [0.3, 0.4) is 0 Å². The van der Waals surface area contributed by atoms with Gasteiger partial charge in [0, 0.05) is 27.2 Å². The van der Waals surface area contributed by atoms with E-state index >= 15 is 0 Å². The fourth-order valence-electron chi connectivity index (χ4n) is 1.56. The van der Waals surface area contributed by atoms with E-state index in [4.69, 9.17) is 5.41 Å². The smallest absolute Gasteiger partial charge is 0.200 e. The Balaban J connectivity index is 2.48. The summed E-state index contributed by atoms with van der Waals surface area (Å²) in [6.45, 7) is 2.08. The van der Waals surface area contributed by atoms with Crippen molar-refractivity contribution in [3.63, 3.8) is 0 Å². The van der Waals surface area contributed by atoms with Crippen LogP contribution in [0.4, 0.5) is 0 Å². The van der Waals surface area contributed by atoms with Crippen LogP contribution in [0.2, 0.25) is 0 Å². The maximum absolute atomic E-state index is 7.46. The lowest BCUT2D eigenvalue weighted by Crippen LogP contribution is -2.49. The number of nitrogens with one attached hydrogen (secondary N) is 3. The van der Waals surface area contributed by atoms with Crippen molar-refractivity contribution in [3.05, 3.63) is 0 Å². The molecular formula is C9H19N5. The second-order valence-electron chi connectivity index (χ2n) is 3.34. The molecule has 1 aliphatic rings. The van der Waals surface area contributed by atoms with Gasteiger partial charge in [-0.2, -0.15) is 0 Å². The van der Waals surface area contributed by atoms with Gasteiger partial charge in [0.05, 0.1) is 0 Å². The number of aliphatic imine (C=N–C) groups is 1. The summed E-state index contributed by atoms with van der Waals surface area (Å²) in [5, 5.41) is 13.1. The molecule has 0 radical (unpaired) electrons. The minimum absolute atomic E-state index is 0.288. The average molecular weight is 197 g/mol. The van der Waals surface area contributed by atoms with Crippen LogP contribution in [-0.2, 0) is 0 Å². The summed E-state index contributed by atoms with van der Waals surface area (Å²) in [6, 6.07) is 0. The first kappa shape index (κ1) is 10.8. The zero-order chi connectivity index (χ0) is 10.4. The number of guanidine groups is 2. The second kappa shape index (κ2) is 5.47. The zero-order valence-corrected chi connectivity index (χ0v) is 8.93. The SMILES string of the molecule is C/N=C(\NC(=N)NC)N1CCCCC1. The van der Waals surface area contributed by atoms with Gasteiger partial charge in [0.15, 0.2) is 11.9 Å². The Morgan fingerprint density at radius 3 is 2.43 bits per heavy atom. The Kier molecular flexibility index (Phi) is 4.22. The molecule has 1 aliphatic heterocycles. The predicted octanol–water partition coefficient (Wildman–Crippen LogP) is 0.202. The monoisotopic (exact) mass is 197 g/mol. The van der Waals surface area contributed by atoms with E-state index in [-0.39, 0.29) is 5.96 Å². The summed E-state index contributed by atoms with van der Waals surface area (Å²) in [4.78, 5) is 6.34. The molecule has 0 spiro atoms. The molecule has 0 aliphatic carbocycles. The van der Waals surface area contributed by atoms with Crippen molar-refractivity contribution in [1.82, 2.24) is 15.5 Å². The van der Waals surface area contributed by atoms with Crippen LogP contribution in [0.5, 0.6) is 0 Å². The van der Waals surface area contributed by atoms with Gasteiger partial charge in [-0.25, -0.2) is 0 Å². The van der Waals surface area contributed by atoms with Crippen LogP contribution >= 0.6 is 0 Å². The van der Waals surface area contributed by atoms with Crippen LogP contribution < -0.4 is 10.6 Å². The van der Waals surface area contributed by atoms with Crippen molar-refractivity contribution in [2.24, 2.45) is 4.99 Å². The second-order valence-corrected chi connectivity index (χ2v) is 3.34. The summed E-state index contributed by atoms with van der Waals surface area (Å²) in [6.07, 6.45) is 3.73. The van der Waals surface area contributed by atoms with Gasteiger partial charge >= 0.3 is 0 Å². The minimum atomic E-state index is 0.288. The molecule has 0 aromatic rings. The lowest BCUT2D eigenvalue weighted by atomic mass is 10.1. The Hall–Kier alpha value is -1.26. The number of nitrogens with zero attached hydrogens (tertiary/aromatic N) is 2. The molecule has 0 aromatic carbocycles. The Bertz CT molecular complexity index is 217. The van der Waals surface area contributed by atoms with E-state index in [9.17, 15) is 0 Å². The largest absolute Gasteiger partial charge is 0.359 e. The van der Waals surface area contributed by atoms with Crippen LogP contribution in [0, 0.1) is 5.41 Å². The fraction of sp³-hybridized carbons (Fsp3) is 0.778. The highest BCUT2D eigenvalue weighted by atomic mass is 15.3. The van der Waals surface area contributed by atoms with Gasteiger partial charge in [-0.15, -0.1) is 0 Å². The highest BCUT2D eigenvalue weighted by molar-refractivity contribution is 5.97. The van der Waals surface area contributed by atoms with Gasteiger partial charge < -0.3 is 10.2 Å². The van der Waals surface area contributed by atoms with Crippen LogP contribution in [0.1, 0.15) is 19.3 Å². The van der Waals surface area contributed by atoms with Crippen LogP contribution in [0.25, 0.3) is 0 Å². The summed E-state index contributed by atoms with van der Waals surface area (Å²) in [7, 11) is 3.47. The van der Waals surface area contributed by atoms with Crippen molar-refractivity contribution < 1.29 is 0 Å². The maximum Gasteiger partial charge on any atom is 0.200 e. The van der Waals surface area contributed by atoms with Gasteiger partial charge in [0.2, 0.25) is 0 Å². The fourth-order valence-corrected chi connectivity index (χ4v) is 1.56. The highest BCUT2D eigenvalue weighted by Crippen LogP contribution is 2.08. The lowest BCUT2D eigenvalue weighted by molar-refractivity contribution is 0.335. The Labute approximate surface area is 85.1 Å². The Morgan fingerprint density at radius 1 is 1.29 bits per heavy atom. The van der Waals surface area contributed by atoms with Gasteiger partial charge in [0.1, 0.15) is 0 Å². The lowest BCUT2D eigenvalue weighted by Gasteiger charge is -2.29. The maximum atomic E-state index is 7.46. The van der Waals surface area contributed by atoms with E-state index in [0.717, 1.165) is 19.0 Å². The molecule has 3 N–H and O–H groups in total. The average Bonchev–Trinajstić information content (AvgIpc) is 2.26. The third kappa shape index (κ3) is 2.90. The number of hydrogen-bond donors (Lipinski definition) is 3. The normalized spacial score (nSPS) is 17.9. The van der Waals surface area contributed by atoms with Crippen LogP contribution in [-0.4, -0.2) is 44.0 Å². The van der Waals surface area contributed by atoms with E-state index in [0.29, 0.717) is 0 Å². The molecule has 0 saturated carbocycles. The molecule has 5 heteroatoms. The quantitative estimate of drug-likeness (QED) is 0.384. The van der Waals surface area contributed by atoms with E-state index in [1.54, 1.807) is 14.1 Å². The molecule has 0 bridgehead atoms. The summed E-state index contributed by atoms with van der Waals surface area (Å²) in [5.41, 5.74) is 0. The molecule has 80 valence electrons. The van der Waals surface area contributed by atoms with E-state index in [2.05, 4.69) is 20.5 Å². The van der Waals surface area contributed by atoms with Crippen molar-refractivity contribution in [2.75, 3.05) is 27.2 Å². The van der Waals surface area contributed by atoms with Gasteiger partial charge in [-0.3, -0.25) is 15.7 Å². The first-order valence-corrected chi connectivity index (χ1v) is 5.03. The van der Waals surface area contributed by atoms with E-state index < -0.39 is 0 Å². The van der Waals surface area contributed by atoms with Gasteiger partial charge in [-0.05, 0) is 19.3 Å². The minimum Gasteiger partial charge on any atom is -0.359 e.